The maximum atomic E-state index is 13.0. The Balaban J connectivity index is 1.36. The van der Waals surface area contributed by atoms with Crippen LogP contribution in [0.25, 0.3) is 11.0 Å². The average molecular weight is 472 g/mol. The van der Waals surface area contributed by atoms with Crippen molar-refractivity contribution in [3.8, 4) is 17.2 Å². The molecule has 7 nitrogen and oxygen atoms in total. The van der Waals surface area contributed by atoms with Gasteiger partial charge in [-0.1, -0.05) is 36.4 Å². The van der Waals surface area contributed by atoms with E-state index in [1.54, 1.807) is 14.2 Å². The highest BCUT2D eigenvalue weighted by molar-refractivity contribution is 5.97. The van der Waals surface area contributed by atoms with Crippen LogP contribution in [0.2, 0.25) is 0 Å². The zero-order chi connectivity index (χ0) is 24.2. The Bertz CT molecular complexity index is 1330. The van der Waals surface area contributed by atoms with Gasteiger partial charge in [0.2, 0.25) is 5.91 Å². The lowest BCUT2D eigenvalue weighted by atomic mass is 10.1. The number of hydrogen-bond acceptors (Lipinski definition) is 5. The summed E-state index contributed by atoms with van der Waals surface area (Å²) in [7, 11) is 3.27. The van der Waals surface area contributed by atoms with E-state index in [0.29, 0.717) is 25.3 Å². The third-order valence-corrected chi connectivity index (χ3v) is 6.40. The fourth-order valence-corrected chi connectivity index (χ4v) is 4.75. The molecule has 1 aliphatic heterocycles. The number of ether oxygens (including phenoxy) is 3. The second-order valence-electron chi connectivity index (χ2n) is 8.54. The van der Waals surface area contributed by atoms with Gasteiger partial charge in [0.15, 0.2) is 11.5 Å². The Morgan fingerprint density at radius 1 is 0.886 bits per heavy atom. The molecule has 3 aromatic carbocycles. The molecule has 4 aromatic rings. The maximum absolute atomic E-state index is 13.0. The number of imidazole rings is 1. The highest BCUT2D eigenvalue weighted by atomic mass is 16.5. The fourth-order valence-electron chi connectivity index (χ4n) is 4.75. The number of rotatable bonds is 9. The Morgan fingerprint density at radius 3 is 2.37 bits per heavy atom. The van der Waals surface area contributed by atoms with Crippen LogP contribution in [0.3, 0.4) is 0 Å². The van der Waals surface area contributed by atoms with Crippen molar-refractivity contribution < 1.29 is 19.0 Å². The lowest BCUT2D eigenvalue weighted by Gasteiger charge is -2.20. The van der Waals surface area contributed by atoms with E-state index in [9.17, 15) is 4.79 Å². The van der Waals surface area contributed by atoms with Crippen molar-refractivity contribution in [3.63, 3.8) is 0 Å². The van der Waals surface area contributed by atoms with Crippen LogP contribution in [0.1, 0.15) is 24.6 Å². The predicted octanol–water partition coefficient (Wildman–Crippen LogP) is 5.04. The molecular weight excluding hydrogens is 442 g/mol. The van der Waals surface area contributed by atoms with Gasteiger partial charge in [0.1, 0.15) is 11.6 Å². The second-order valence-corrected chi connectivity index (χ2v) is 8.54. The molecule has 0 radical (unpaired) electrons. The number of benzene rings is 3. The fraction of sp³-hybridized carbons (Fsp3) is 0.286. The number of anilines is 1. The lowest BCUT2D eigenvalue weighted by Crippen LogP contribution is -2.25. The number of carbonyl (C=O) groups excluding carboxylic acids is 1. The summed E-state index contributed by atoms with van der Waals surface area (Å²) >= 11 is 0. The van der Waals surface area contributed by atoms with Gasteiger partial charge in [0.05, 0.1) is 37.5 Å². The van der Waals surface area contributed by atoms with Gasteiger partial charge in [-0.15, -0.1) is 0 Å². The molecule has 0 bridgehead atoms. The molecule has 0 aliphatic carbocycles. The number of aromatic nitrogens is 2. The molecule has 35 heavy (non-hydrogen) atoms. The minimum Gasteiger partial charge on any atom is -0.495 e. The van der Waals surface area contributed by atoms with E-state index in [2.05, 4.69) is 10.6 Å². The first kappa shape index (κ1) is 22.8. The summed E-state index contributed by atoms with van der Waals surface area (Å²) in [5.41, 5.74) is 2.81. The molecule has 0 unspecified atom stereocenters. The summed E-state index contributed by atoms with van der Waals surface area (Å²) in [5.74, 6) is 3.17. The van der Waals surface area contributed by atoms with Gasteiger partial charge in [0, 0.05) is 25.4 Å². The first-order valence-corrected chi connectivity index (χ1v) is 11.8. The van der Waals surface area contributed by atoms with Crippen molar-refractivity contribution in [2.75, 3.05) is 32.3 Å². The minimum absolute atomic E-state index is 0.00468. The van der Waals surface area contributed by atoms with Crippen LogP contribution in [0, 0.1) is 0 Å². The summed E-state index contributed by atoms with van der Waals surface area (Å²) in [6.07, 6.45) is 1.21. The number of nitrogens with zero attached hydrogens (tertiary/aromatic N) is 3. The topological polar surface area (TPSA) is 65.8 Å². The predicted molar refractivity (Wildman–Crippen MR) is 136 cm³/mol. The monoisotopic (exact) mass is 471 g/mol. The van der Waals surface area contributed by atoms with Crippen LogP contribution in [-0.2, 0) is 11.3 Å². The van der Waals surface area contributed by atoms with Crippen LogP contribution in [0.4, 0.5) is 5.69 Å². The third kappa shape index (κ3) is 4.54. The van der Waals surface area contributed by atoms with Crippen LogP contribution < -0.4 is 19.1 Å². The van der Waals surface area contributed by atoms with Gasteiger partial charge in [-0.3, -0.25) is 4.79 Å². The molecule has 1 aromatic heterocycles. The van der Waals surface area contributed by atoms with E-state index >= 15 is 0 Å². The Morgan fingerprint density at radius 2 is 1.57 bits per heavy atom. The van der Waals surface area contributed by atoms with Crippen molar-refractivity contribution in [1.29, 1.82) is 0 Å². The van der Waals surface area contributed by atoms with Crippen LogP contribution in [-0.4, -0.2) is 42.8 Å². The molecular formula is C28H29N3O4. The number of aryl methyl sites for hydroxylation is 1. The number of para-hydroxylation sites is 6. The van der Waals surface area contributed by atoms with Gasteiger partial charge < -0.3 is 23.7 Å². The summed E-state index contributed by atoms with van der Waals surface area (Å²) in [5, 5.41) is 0. The van der Waals surface area contributed by atoms with Crippen molar-refractivity contribution in [2.24, 2.45) is 0 Å². The number of carbonyl (C=O) groups is 1. The molecule has 0 N–H and O–H groups in total. The van der Waals surface area contributed by atoms with Crippen molar-refractivity contribution in [3.05, 3.63) is 78.6 Å². The first-order valence-electron chi connectivity index (χ1n) is 11.8. The number of amides is 1. The lowest BCUT2D eigenvalue weighted by molar-refractivity contribution is -0.117. The average Bonchev–Trinajstić information content (AvgIpc) is 3.47. The van der Waals surface area contributed by atoms with E-state index in [0.717, 1.165) is 47.0 Å². The standard InChI is InChI=1S/C28H29N3O4/c1-33-24-13-6-5-12-23(24)31-19-20(18-27(31)32)28-29-21-10-3-4-11-22(21)30(28)16-9-17-35-26-15-8-7-14-25(26)34-2/h3-8,10-15,20H,9,16-19H2,1-2H3/t20-/m1/s1. The summed E-state index contributed by atoms with van der Waals surface area (Å²) in [6.45, 7) is 1.86. The van der Waals surface area contributed by atoms with Gasteiger partial charge >= 0.3 is 0 Å². The highest BCUT2D eigenvalue weighted by Crippen LogP contribution is 2.37. The molecule has 1 fully saturated rings. The van der Waals surface area contributed by atoms with E-state index in [1.807, 2.05) is 71.6 Å². The quantitative estimate of drug-likeness (QED) is 0.320. The Kier molecular flexibility index (Phi) is 6.57. The van der Waals surface area contributed by atoms with Gasteiger partial charge in [-0.25, -0.2) is 4.98 Å². The summed E-state index contributed by atoms with van der Waals surface area (Å²) < 4.78 is 19.1. The zero-order valence-electron chi connectivity index (χ0n) is 20.0. The van der Waals surface area contributed by atoms with Gasteiger partial charge in [0.25, 0.3) is 0 Å². The first-order chi connectivity index (χ1) is 17.2. The Labute approximate surface area is 204 Å². The zero-order valence-corrected chi connectivity index (χ0v) is 20.0. The van der Waals surface area contributed by atoms with E-state index in [4.69, 9.17) is 19.2 Å². The SMILES string of the molecule is COc1ccccc1OCCCn1c([C@@H]2CC(=O)N(c3ccccc3OC)C2)nc2ccccc21. The summed E-state index contributed by atoms with van der Waals surface area (Å²) in [6, 6.07) is 23.4. The van der Waals surface area contributed by atoms with Crippen molar-refractivity contribution in [1.82, 2.24) is 9.55 Å². The van der Waals surface area contributed by atoms with E-state index in [1.165, 1.54) is 0 Å². The van der Waals surface area contributed by atoms with E-state index in [-0.39, 0.29) is 11.8 Å². The molecule has 2 heterocycles. The molecule has 0 spiro atoms. The largest absolute Gasteiger partial charge is 0.495 e. The normalized spacial score (nSPS) is 15.5. The Hall–Kier alpha value is -4.00. The molecule has 1 atom stereocenters. The van der Waals surface area contributed by atoms with Crippen LogP contribution in [0.5, 0.6) is 17.2 Å². The molecule has 180 valence electrons. The second kappa shape index (κ2) is 10.1. The smallest absolute Gasteiger partial charge is 0.227 e. The molecule has 5 rings (SSSR count). The number of hydrogen-bond donors (Lipinski definition) is 0. The van der Waals surface area contributed by atoms with Crippen molar-refractivity contribution >= 4 is 22.6 Å². The highest BCUT2D eigenvalue weighted by Gasteiger charge is 2.35. The molecule has 7 heteroatoms. The molecule has 1 aliphatic rings. The van der Waals surface area contributed by atoms with Crippen molar-refractivity contribution in [2.45, 2.75) is 25.3 Å². The van der Waals surface area contributed by atoms with Crippen LogP contribution >= 0.6 is 0 Å². The summed E-state index contributed by atoms with van der Waals surface area (Å²) in [4.78, 5) is 19.8. The number of fused-ring (bicyclic) bond motifs is 1. The van der Waals surface area contributed by atoms with Crippen LogP contribution in [0.15, 0.2) is 72.8 Å². The van der Waals surface area contributed by atoms with Gasteiger partial charge in [-0.05, 0) is 42.8 Å². The third-order valence-electron chi connectivity index (χ3n) is 6.40. The molecule has 0 saturated carbocycles. The molecule has 1 saturated heterocycles. The van der Waals surface area contributed by atoms with Gasteiger partial charge in [-0.2, -0.15) is 0 Å². The maximum Gasteiger partial charge on any atom is 0.227 e. The number of methoxy groups -OCH3 is 2. The minimum atomic E-state index is -0.00468. The molecule has 1 amide bonds. The van der Waals surface area contributed by atoms with E-state index < -0.39 is 0 Å².